The summed E-state index contributed by atoms with van der Waals surface area (Å²) >= 11 is 0. The van der Waals surface area contributed by atoms with Gasteiger partial charge >= 0.3 is 9.15 Å². The quantitative estimate of drug-likeness (QED) is 0.445. The van der Waals surface area contributed by atoms with Crippen molar-refractivity contribution in [3.8, 4) is 5.75 Å². The molecule has 0 aromatic heterocycles. The fraction of sp³-hybridized carbons (Fsp3) is 0.400. The molecule has 0 fully saturated rings. The third-order valence-electron chi connectivity index (χ3n) is 2.00. The minimum atomic E-state index is -3.92. The molecule has 0 saturated carbocycles. The monoisotopic (exact) mass is 277 g/mol. The summed E-state index contributed by atoms with van der Waals surface area (Å²) in [5.41, 5.74) is 1.09. The van der Waals surface area contributed by atoms with Gasteiger partial charge in [-0.25, -0.2) is 0 Å². The first-order valence-corrected chi connectivity index (χ1v) is 7.91. The smallest absolute Gasteiger partial charge is 0.319 e. The van der Waals surface area contributed by atoms with Crippen LogP contribution in [0.15, 0.2) is 24.3 Å². The van der Waals surface area contributed by atoms with Crippen molar-refractivity contribution in [2.75, 3.05) is 19.4 Å². The van der Waals surface area contributed by atoms with Crippen LogP contribution in [0.25, 0.3) is 0 Å². The van der Waals surface area contributed by atoms with Gasteiger partial charge in [0.15, 0.2) is 0 Å². The van der Waals surface area contributed by atoms with Gasteiger partial charge in [-0.1, -0.05) is 12.1 Å². The molecular weight excluding hydrogens is 262 g/mol. The average Bonchev–Trinajstić information content (AvgIpc) is 2.28. The molecule has 7 heteroatoms. The molecule has 0 aliphatic heterocycles. The summed E-state index contributed by atoms with van der Waals surface area (Å²) in [4.78, 5) is 0. The lowest BCUT2D eigenvalue weighted by Crippen LogP contribution is -2.17. The third kappa shape index (κ3) is 6.52. The Morgan fingerprint density at radius 2 is 2.00 bits per heavy atom. The maximum atomic E-state index is 10.4. The molecule has 0 heterocycles. The van der Waals surface area contributed by atoms with E-state index in [1.807, 2.05) is 24.3 Å². The van der Waals surface area contributed by atoms with E-state index in [1.165, 1.54) is 0 Å². The Bertz CT molecular complexity index is 430. The molecule has 0 atom stereocenters. The molecular formula is C10H15NO4S2. The number of nitrogens with one attached hydrogen (secondary N) is 1. The number of rotatable bonds is 7. The Balaban J connectivity index is 2.22. The Morgan fingerprint density at radius 3 is 2.53 bits per heavy atom. The fourth-order valence-electron chi connectivity index (χ4n) is 1.20. The number of benzene rings is 1. The summed E-state index contributed by atoms with van der Waals surface area (Å²) < 4.78 is 34.3. The maximum Gasteiger partial charge on any atom is 0.319 e. The zero-order chi connectivity index (χ0) is 12.7. The van der Waals surface area contributed by atoms with Crippen molar-refractivity contribution < 1.29 is 17.7 Å². The molecule has 0 bridgehead atoms. The van der Waals surface area contributed by atoms with Crippen molar-refractivity contribution in [3.05, 3.63) is 29.8 Å². The topological polar surface area (TPSA) is 75.6 Å². The van der Waals surface area contributed by atoms with Crippen LogP contribution in [0, 0.1) is 0 Å². The predicted molar refractivity (Wildman–Crippen MR) is 68.7 cm³/mol. The lowest BCUT2D eigenvalue weighted by Gasteiger charge is -2.05. The van der Waals surface area contributed by atoms with Crippen LogP contribution in [0.4, 0.5) is 0 Å². The van der Waals surface area contributed by atoms with E-state index in [0.29, 0.717) is 29.6 Å². The van der Waals surface area contributed by atoms with Crippen molar-refractivity contribution >= 4 is 19.9 Å². The maximum absolute atomic E-state index is 10.4. The molecule has 0 amide bonds. The molecule has 5 nitrogen and oxygen atoms in total. The molecule has 0 aliphatic rings. The van der Waals surface area contributed by atoms with Gasteiger partial charge in [0.25, 0.3) is 0 Å². The van der Waals surface area contributed by atoms with E-state index in [1.54, 1.807) is 7.11 Å². The SMILES string of the molecule is COc1ccc(CNCCSS(=O)(=O)O)cc1. The summed E-state index contributed by atoms with van der Waals surface area (Å²) in [7, 11) is -1.79. The molecule has 1 rings (SSSR count). The van der Waals surface area contributed by atoms with E-state index in [2.05, 4.69) is 5.32 Å². The first kappa shape index (κ1) is 14.3. The summed E-state index contributed by atoms with van der Waals surface area (Å²) in [6.07, 6.45) is 0. The van der Waals surface area contributed by atoms with E-state index in [4.69, 9.17) is 9.29 Å². The second-order valence-corrected chi connectivity index (χ2v) is 6.74. The zero-order valence-electron chi connectivity index (χ0n) is 9.42. The van der Waals surface area contributed by atoms with Gasteiger partial charge in [0.2, 0.25) is 0 Å². The van der Waals surface area contributed by atoms with Gasteiger partial charge in [0.1, 0.15) is 5.75 Å². The normalized spacial score (nSPS) is 11.4. The van der Waals surface area contributed by atoms with Crippen LogP contribution >= 0.6 is 10.8 Å². The predicted octanol–water partition coefficient (Wildman–Crippen LogP) is 1.32. The van der Waals surface area contributed by atoms with Crippen LogP contribution < -0.4 is 10.1 Å². The standard InChI is InChI=1S/C10H15NO4S2/c1-15-10-4-2-9(3-5-10)8-11-6-7-16-17(12,13)14/h2-5,11H,6-8H2,1H3,(H,12,13,14). The Labute approximate surface area is 105 Å². The molecule has 0 saturated heterocycles. The minimum absolute atomic E-state index is 0.314. The van der Waals surface area contributed by atoms with Crippen LogP contribution in [0.2, 0.25) is 0 Å². The molecule has 2 N–H and O–H groups in total. The van der Waals surface area contributed by atoms with Crippen LogP contribution in [0.3, 0.4) is 0 Å². The number of ether oxygens (including phenoxy) is 1. The van der Waals surface area contributed by atoms with Crippen molar-refractivity contribution in [2.24, 2.45) is 0 Å². The minimum Gasteiger partial charge on any atom is -0.497 e. The van der Waals surface area contributed by atoms with Crippen LogP contribution in [-0.4, -0.2) is 32.4 Å². The lowest BCUT2D eigenvalue weighted by atomic mass is 10.2. The van der Waals surface area contributed by atoms with Crippen molar-refractivity contribution in [2.45, 2.75) is 6.54 Å². The molecule has 17 heavy (non-hydrogen) atoms. The van der Waals surface area contributed by atoms with Gasteiger partial charge in [0.05, 0.1) is 7.11 Å². The zero-order valence-corrected chi connectivity index (χ0v) is 11.1. The van der Waals surface area contributed by atoms with Crippen LogP contribution in [0.1, 0.15) is 5.56 Å². The van der Waals surface area contributed by atoms with Gasteiger partial charge < -0.3 is 10.1 Å². The summed E-state index contributed by atoms with van der Waals surface area (Å²) in [6, 6.07) is 7.59. The molecule has 1 aromatic carbocycles. The highest BCUT2D eigenvalue weighted by molar-refractivity contribution is 8.69. The van der Waals surface area contributed by atoms with E-state index in [-0.39, 0.29) is 0 Å². The van der Waals surface area contributed by atoms with Gasteiger partial charge in [-0.15, -0.1) is 0 Å². The van der Waals surface area contributed by atoms with E-state index in [9.17, 15) is 8.42 Å². The summed E-state index contributed by atoms with van der Waals surface area (Å²) in [5.74, 6) is 1.12. The van der Waals surface area contributed by atoms with Crippen LogP contribution in [-0.2, 0) is 15.7 Å². The highest BCUT2D eigenvalue weighted by atomic mass is 33.1. The van der Waals surface area contributed by atoms with Crippen LogP contribution in [0.5, 0.6) is 5.75 Å². The number of methoxy groups -OCH3 is 1. The highest BCUT2D eigenvalue weighted by Crippen LogP contribution is 2.11. The van der Waals surface area contributed by atoms with Crippen molar-refractivity contribution in [1.82, 2.24) is 5.32 Å². The van der Waals surface area contributed by atoms with E-state index >= 15 is 0 Å². The van der Waals surface area contributed by atoms with Gasteiger partial charge in [0, 0.05) is 18.8 Å². The first-order chi connectivity index (χ1) is 8.01. The second-order valence-electron chi connectivity index (χ2n) is 3.27. The van der Waals surface area contributed by atoms with Gasteiger partial charge in [-0.2, -0.15) is 8.42 Å². The Morgan fingerprint density at radius 1 is 1.35 bits per heavy atom. The average molecular weight is 277 g/mol. The van der Waals surface area contributed by atoms with E-state index < -0.39 is 9.15 Å². The molecule has 0 unspecified atom stereocenters. The molecule has 0 aliphatic carbocycles. The molecule has 96 valence electrons. The number of hydrogen-bond acceptors (Lipinski definition) is 5. The highest BCUT2D eigenvalue weighted by Gasteiger charge is 2.03. The second kappa shape index (κ2) is 6.85. The molecule has 0 radical (unpaired) electrons. The lowest BCUT2D eigenvalue weighted by molar-refractivity contribution is 0.414. The van der Waals surface area contributed by atoms with Crippen molar-refractivity contribution in [1.29, 1.82) is 0 Å². The van der Waals surface area contributed by atoms with Crippen molar-refractivity contribution in [3.63, 3.8) is 0 Å². The van der Waals surface area contributed by atoms with Gasteiger partial charge in [-0.3, -0.25) is 4.55 Å². The first-order valence-electron chi connectivity index (χ1n) is 4.97. The Kier molecular flexibility index (Phi) is 5.76. The Hall–Kier alpha value is -0.760. The summed E-state index contributed by atoms with van der Waals surface area (Å²) in [6.45, 7) is 1.16. The van der Waals surface area contributed by atoms with Gasteiger partial charge in [-0.05, 0) is 28.5 Å². The largest absolute Gasteiger partial charge is 0.497 e. The molecule has 0 spiro atoms. The van der Waals surface area contributed by atoms with E-state index in [0.717, 1.165) is 11.3 Å². The number of hydrogen-bond donors (Lipinski definition) is 2. The fourth-order valence-corrected chi connectivity index (χ4v) is 2.52. The molecule has 1 aromatic rings. The third-order valence-corrected chi connectivity index (χ3v) is 4.06. The summed E-state index contributed by atoms with van der Waals surface area (Å²) in [5, 5.41) is 3.07.